The zero-order chi connectivity index (χ0) is 16.8. The quantitative estimate of drug-likeness (QED) is 0.732. The predicted octanol–water partition coefficient (Wildman–Crippen LogP) is -0.767. The minimum absolute atomic E-state index is 0.0445. The van der Waals surface area contributed by atoms with Gasteiger partial charge in [-0.1, -0.05) is 18.2 Å². The van der Waals surface area contributed by atoms with Crippen molar-refractivity contribution in [2.24, 2.45) is 0 Å². The monoisotopic (exact) mass is 350 g/mol. The number of quaternary nitrogens is 1. The number of thioether (sulfide) groups is 1. The summed E-state index contributed by atoms with van der Waals surface area (Å²) in [5, 5.41) is 3.00. The molecule has 130 valence electrons. The molecule has 0 unspecified atom stereocenters. The Morgan fingerprint density at radius 2 is 2.00 bits per heavy atom. The third kappa shape index (κ3) is 4.28. The second-order valence-corrected chi connectivity index (χ2v) is 7.06. The van der Waals surface area contributed by atoms with E-state index in [-0.39, 0.29) is 17.9 Å². The Labute approximate surface area is 146 Å². The molecule has 1 atom stereocenters. The molecule has 7 heteroatoms. The zero-order valence-corrected chi connectivity index (χ0v) is 14.5. The van der Waals surface area contributed by atoms with E-state index in [1.807, 2.05) is 18.2 Å². The molecule has 2 saturated heterocycles. The molecule has 0 aromatic heterocycles. The van der Waals surface area contributed by atoms with Crippen LogP contribution in [0.5, 0.6) is 0 Å². The molecule has 3 rings (SSSR count). The normalized spacial score (nSPS) is 21.7. The van der Waals surface area contributed by atoms with E-state index in [2.05, 4.69) is 5.32 Å². The van der Waals surface area contributed by atoms with Crippen LogP contribution in [0.1, 0.15) is 10.4 Å². The Hall–Kier alpha value is -1.57. The Bertz CT molecular complexity index is 563. The first-order chi connectivity index (χ1) is 11.8. The second-order valence-electron chi connectivity index (χ2n) is 6.06. The summed E-state index contributed by atoms with van der Waals surface area (Å²) in [5.41, 5.74) is 0.635. The number of rotatable bonds is 5. The molecule has 0 aliphatic carbocycles. The van der Waals surface area contributed by atoms with Gasteiger partial charge in [0.1, 0.15) is 19.1 Å². The van der Waals surface area contributed by atoms with Gasteiger partial charge in [-0.2, -0.15) is 0 Å². The molecule has 2 aliphatic rings. The highest BCUT2D eigenvalue weighted by atomic mass is 32.2. The SMILES string of the molecule is O=C(NCC[NH+]1CCOCC1)[C@@H]1CSCN1C(=O)c1ccccc1. The van der Waals surface area contributed by atoms with Gasteiger partial charge in [-0.05, 0) is 12.1 Å². The maximum Gasteiger partial charge on any atom is 0.255 e. The Morgan fingerprint density at radius 1 is 1.25 bits per heavy atom. The summed E-state index contributed by atoms with van der Waals surface area (Å²) in [4.78, 5) is 28.2. The third-order valence-corrected chi connectivity index (χ3v) is 5.46. The van der Waals surface area contributed by atoms with Crippen molar-refractivity contribution in [1.29, 1.82) is 0 Å². The third-order valence-electron chi connectivity index (χ3n) is 4.44. The van der Waals surface area contributed by atoms with Crippen molar-refractivity contribution in [3.05, 3.63) is 35.9 Å². The van der Waals surface area contributed by atoms with Gasteiger partial charge in [0.05, 0.1) is 32.2 Å². The average Bonchev–Trinajstić information content (AvgIpc) is 3.12. The van der Waals surface area contributed by atoms with Crippen LogP contribution in [-0.2, 0) is 9.53 Å². The number of morpholine rings is 1. The van der Waals surface area contributed by atoms with Crippen molar-refractivity contribution in [2.75, 3.05) is 51.0 Å². The Kier molecular flexibility index (Phi) is 6.12. The van der Waals surface area contributed by atoms with Crippen LogP contribution in [0.3, 0.4) is 0 Å². The van der Waals surface area contributed by atoms with E-state index in [0.717, 1.165) is 32.8 Å². The largest absolute Gasteiger partial charge is 0.370 e. The van der Waals surface area contributed by atoms with Gasteiger partial charge >= 0.3 is 0 Å². The van der Waals surface area contributed by atoms with Crippen LogP contribution in [0, 0.1) is 0 Å². The minimum Gasteiger partial charge on any atom is -0.370 e. The second kappa shape index (κ2) is 8.50. The minimum atomic E-state index is -0.373. The molecule has 6 nitrogen and oxygen atoms in total. The van der Waals surface area contributed by atoms with Crippen LogP contribution in [0.2, 0.25) is 0 Å². The fourth-order valence-corrected chi connectivity index (χ4v) is 4.15. The van der Waals surface area contributed by atoms with Crippen molar-refractivity contribution in [2.45, 2.75) is 6.04 Å². The molecule has 0 saturated carbocycles. The van der Waals surface area contributed by atoms with E-state index in [9.17, 15) is 9.59 Å². The molecule has 2 N–H and O–H groups in total. The molecule has 1 aromatic rings. The first-order valence-electron chi connectivity index (χ1n) is 8.38. The van der Waals surface area contributed by atoms with E-state index in [4.69, 9.17) is 4.74 Å². The number of carbonyl (C=O) groups is 2. The lowest BCUT2D eigenvalue weighted by atomic mass is 10.1. The van der Waals surface area contributed by atoms with Gasteiger partial charge in [0.2, 0.25) is 5.91 Å². The fraction of sp³-hybridized carbons (Fsp3) is 0.529. The van der Waals surface area contributed by atoms with Crippen LogP contribution in [0.4, 0.5) is 0 Å². The van der Waals surface area contributed by atoms with Crippen molar-refractivity contribution in [3.63, 3.8) is 0 Å². The molecule has 0 bridgehead atoms. The molecular weight excluding hydrogens is 326 g/mol. The van der Waals surface area contributed by atoms with Crippen LogP contribution in [-0.4, -0.2) is 73.8 Å². The van der Waals surface area contributed by atoms with Crippen molar-refractivity contribution >= 4 is 23.6 Å². The van der Waals surface area contributed by atoms with Gasteiger partial charge < -0.3 is 19.9 Å². The summed E-state index contributed by atoms with van der Waals surface area (Å²) < 4.78 is 5.34. The number of hydrogen-bond acceptors (Lipinski definition) is 4. The summed E-state index contributed by atoms with van der Waals surface area (Å²) in [6, 6.07) is 8.79. The lowest BCUT2D eigenvalue weighted by molar-refractivity contribution is -0.906. The van der Waals surface area contributed by atoms with Crippen molar-refractivity contribution in [1.82, 2.24) is 10.2 Å². The summed E-state index contributed by atoms with van der Waals surface area (Å²) in [5.74, 6) is 1.12. The summed E-state index contributed by atoms with van der Waals surface area (Å²) in [7, 11) is 0. The zero-order valence-electron chi connectivity index (χ0n) is 13.7. The number of hydrogen-bond donors (Lipinski definition) is 2. The van der Waals surface area contributed by atoms with E-state index in [0.29, 0.717) is 23.7 Å². The molecule has 2 aliphatic heterocycles. The van der Waals surface area contributed by atoms with Crippen LogP contribution >= 0.6 is 11.8 Å². The van der Waals surface area contributed by atoms with Crippen LogP contribution in [0.25, 0.3) is 0 Å². The van der Waals surface area contributed by atoms with Gasteiger partial charge in [0.15, 0.2) is 0 Å². The van der Waals surface area contributed by atoms with Gasteiger partial charge in [0.25, 0.3) is 5.91 Å². The Morgan fingerprint density at radius 3 is 2.75 bits per heavy atom. The highest BCUT2D eigenvalue weighted by Gasteiger charge is 2.35. The van der Waals surface area contributed by atoms with Crippen LogP contribution < -0.4 is 10.2 Å². The van der Waals surface area contributed by atoms with E-state index >= 15 is 0 Å². The number of amides is 2. The lowest BCUT2D eigenvalue weighted by Crippen LogP contribution is -3.14. The lowest BCUT2D eigenvalue weighted by Gasteiger charge is -2.25. The van der Waals surface area contributed by atoms with E-state index < -0.39 is 0 Å². The first kappa shape index (κ1) is 17.3. The number of carbonyl (C=O) groups excluding carboxylic acids is 2. The molecular formula is C17H24N3O3S+. The first-order valence-corrected chi connectivity index (χ1v) is 9.54. The maximum atomic E-state index is 12.6. The topological polar surface area (TPSA) is 63.1 Å². The molecule has 0 spiro atoms. The molecule has 24 heavy (non-hydrogen) atoms. The van der Waals surface area contributed by atoms with Gasteiger partial charge in [-0.15, -0.1) is 11.8 Å². The number of benzene rings is 1. The smallest absolute Gasteiger partial charge is 0.255 e. The number of nitrogens with zero attached hydrogens (tertiary/aromatic N) is 1. The Balaban J connectivity index is 1.51. The van der Waals surface area contributed by atoms with Crippen molar-refractivity contribution in [3.8, 4) is 0 Å². The van der Waals surface area contributed by atoms with Crippen molar-refractivity contribution < 1.29 is 19.2 Å². The standard InChI is InChI=1S/C17H23N3O3S/c21-16(18-6-7-19-8-10-23-11-9-19)15-12-24-13-20(15)17(22)14-4-2-1-3-5-14/h1-5,15H,6-13H2,(H,18,21)/p+1/t15-/m0/s1. The molecule has 2 amide bonds. The summed E-state index contributed by atoms with van der Waals surface area (Å²) >= 11 is 1.63. The summed E-state index contributed by atoms with van der Waals surface area (Å²) in [6.45, 7) is 5.12. The summed E-state index contributed by atoms with van der Waals surface area (Å²) in [6.07, 6.45) is 0. The van der Waals surface area contributed by atoms with Gasteiger partial charge in [0, 0.05) is 11.3 Å². The van der Waals surface area contributed by atoms with Gasteiger partial charge in [-0.25, -0.2) is 0 Å². The highest BCUT2D eigenvalue weighted by Crippen LogP contribution is 2.23. The predicted molar refractivity (Wildman–Crippen MR) is 93.1 cm³/mol. The van der Waals surface area contributed by atoms with Crippen LogP contribution in [0.15, 0.2) is 30.3 Å². The number of nitrogens with one attached hydrogen (secondary N) is 2. The maximum absolute atomic E-state index is 12.6. The molecule has 2 fully saturated rings. The number of ether oxygens (including phenoxy) is 1. The van der Waals surface area contributed by atoms with E-state index in [1.165, 1.54) is 4.90 Å². The van der Waals surface area contributed by atoms with E-state index in [1.54, 1.807) is 28.8 Å². The average molecular weight is 350 g/mol. The van der Waals surface area contributed by atoms with Gasteiger partial charge in [-0.3, -0.25) is 9.59 Å². The highest BCUT2D eigenvalue weighted by molar-refractivity contribution is 7.99. The molecule has 2 heterocycles. The fourth-order valence-electron chi connectivity index (χ4n) is 3.00. The molecule has 0 radical (unpaired) electrons. The molecule has 1 aromatic carbocycles.